The van der Waals surface area contributed by atoms with Crippen LogP contribution in [-0.2, 0) is 14.2 Å². The summed E-state index contributed by atoms with van der Waals surface area (Å²) in [6.07, 6.45) is 1.53. The monoisotopic (exact) mass is 231 g/mol. The quantitative estimate of drug-likeness (QED) is 0.571. The number of rotatable bonds is 10. The predicted molar refractivity (Wildman–Crippen MR) is 63.7 cm³/mol. The maximum absolute atomic E-state index is 5.51. The summed E-state index contributed by atoms with van der Waals surface area (Å²) >= 11 is 0. The smallest absolute Gasteiger partial charge is 0.0824 e. The van der Waals surface area contributed by atoms with E-state index in [2.05, 4.69) is 19.2 Å². The Kier molecular flexibility index (Phi) is 7.76. The van der Waals surface area contributed by atoms with Crippen molar-refractivity contribution in [3.05, 3.63) is 0 Å². The van der Waals surface area contributed by atoms with Crippen molar-refractivity contribution >= 4 is 0 Å². The lowest BCUT2D eigenvalue weighted by Gasteiger charge is -2.26. The van der Waals surface area contributed by atoms with Crippen LogP contribution in [0.1, 0.15) is 20.3 Å². The zero-order valence-electron chi connectivity index (χ0n) is 10.5. The van der Waals surface area contributed by atoms with Crippen LogP contribution in [0.5, 0.6) is 0 Å². The van der Waals surface area contributed by atoms with E-state index in [1.54, 1.807) is 0 Å². The van der Waals surface area contributed by atoms with Crippen molar-refractivity contribution in [1.29, 1.82) is 0 Å². The Morgan fingerprint density at radius 1 is 1.00 bits per heavy atom. The van der Waals surface area contributed by atoms with Gasteiger partial charge in [0, 0.05) is 19.7 Å². The van der Waals surface area contributed by atoms with Crippen LogP contribution >= 0.6 is 0 Å². The molecule has 0 bridgehead atoms. The van der Waals surface area contributed by atoms with Crippen LogP contribution in [0.15, 0.2) is 0 Å². The Hall–Kier alpha value is -0.160. The first-order valence-corrected chi connectivity index (χ1v) is 6.27. The molecule has 0 spiro atoms. The van der Waals surface area contributed by atoms with E-state index in [0.717, 1.165) is 26.1 Å². The number of hydrogen-bond acceptors (Lipinski definition) is 4. The molecule has 1 heterocycles. The lowest BCUT2D eigenvalue weighted by molar-refractivity contribution is -0.0274. The van der Waals surface area contributed by atoms with Gasteiger partial charge in [-0.2, -0.15) is 0 Å². The van der Waals surface area contributed by atoms with Gasteiger partial charge in [0.05, 0.1) is 32.5 Å². The molecule has 1 rings (SSSR count). The Morgan fingerprint density at radius 3 is 2.19 bits per heavy atom. The van der Waals surface area contributed by atoms with Gasteiger partial charge in [-0.1, -0.05) is 13.8 Å². The average molecular weight is 231 g/mol. The van der Waals surface area contributed by atoms with Gasteiger partial charge in [0.25, 0.3) is 0 Å². The van der Waals surface area contributed by atoms with Crippen LogP contribution in [0, 0.1) is 5.92 Å². The molecule has 1 saturated heterocycles. The van der Waals surface area contributed by atoms with Crippen molar-refractivity contribution in [3.8, 4) is 0 Å². The van der Waals surface area contributed by atoms with E-state index in [4.69, 9.17) is 14.2 Å². The third kappa shape index (κ3) is 7.17. The van der Waals surface area contributed by atoms with Crippen LogP contribution in [0.25, 0.3) is 0 Å². The van der Waals surface area contributed by atoms with Crippen LogP contribution in [0.2, 0.25) is 0 Å². The minimum absolute atomic E-state index is 0.408. The third-order valence-corrected chi connectivity index (χ3v) is 2.54. The van der Waals surface area contributed by atoms with Gasteiger partial charge in [-0.05, 0) is 12.3 Å². The van der Waals surface area contributed by atoms with E-state index in [-0.39, 0.29) is 0 Å². The van der Waals surface area contributed by atoms with E-state index in [0.29, 0.717) is 38.4 Å². The molecule has 0 amide bonds. The highest BCUT2D eigenvalue weighted by Crippen LogP contribution is 1.99. The molecule has 1 fully saturated rings. The third-order valence-electron chi connectivity index (χ3n) is 2.54. The van der Waals surface area contributed by atoms with Gasteiger partial charge in [0.1, 0.15) is 0 Å². The van der Waals surface area contributed by atoms with Crippen molar-refractivity contribution in [2.45, 2.75) is 26.4 Å². The van der Waals surface area contributed by atoms with Gasteiger partial charge < -0.3 is 19.5 Å². The Bertz CT molecular complexity index is 160. The fraction of sp³-hybridized carbons (Fsp3) is 1.00. The van der Waals surface area contributed by atoms with Crippen molar-refractivity contribution in [2.75, 3.05) is 46.1 Å². The van der Waals surface area contributed by atoms with Gasteiger partial charge in [-0.15, -0.1) is 0 Å². The molecule has 96 valence electrons. The topological polar surface area (TPSA) is 39.7 Å². The summed E-state index contributed by atoms with van der Waals surface area (Å²) in [5, 5.41) is 3.16. The molecule has 0 aromatic carbocycles. The molecule has 4 nitrogen and oxygen atoms in total. The van der Waals surface area contributed by atoms with Crippen molar-refractivity contribution in [1.82, 2.24) is 5.32 Å². The van der Waals surface area contributed by atoms with Crippen molar-refractivity contribution in [2.24, 2.45) is 5.92 Å². The molecule has 0 saturated carbocycles. The van der Waals surface area contributed by atoms with Crippen LogP contribution in [0.4, 0.5) is 0 Å². The number of nitrogens with one attached hydrogen (secondary N) is 1. The highest BCUT2D eigenvalue weighted by atomic mass is 16.5. The van der Waals surface area contributed by atoms with Gasteiger partial charge in [-0.3, -0.25) is 0 Å². The minimum atomic E-state index is 0.408. The molecule has 0 aromatic heterocycles. The second-order valence-electron chi connectivity index (χ2n) is 4.56. The van der Waals surface area contributed by atoms with Crippen LogP contribution < -0.4 is 5.32 Å². The molecule has 1 aliphatic heterocycles. The second-order valence-corrected chi connectivity index (χ2v) is 4.56. The summed E-state index contributed by atoms with van der Waals surface area (Å²) in [6, 6.07) is 0. The van der Waals surface area contributed by atoms with Gasteiger partial charge in [0.2, 0.25) is 0 Å². The molecule has 1 N–H and O–H groups in total. The summed E-state index contributed by atoms with van der Waals surface area (Å²) in [4.78, 5) is 0. The fourth-order valence-electron chi connectivity index (χ4n) is 1.29. The highest BCUT2D eigenvalue weighted by Gasteiger charge is 2.16. The summed E-state index contributed by atoms with van der Waals surface area (Å²) in [6.45, 7) is 9.94. The minimum Gasteiger partial charge on any atom is -0.379 e. The Morgan fingerprint density at radius 2 is 1.62 bits per heavy atom. The second kappa shape index (κ2) is 8.93. The van der Waals surface area contributed by atoms with E-state index in [1.165, 1.54) is 0 Å². The fourth-order valence-corrected chi connectivity index (χ4v) is 1.29. The van der Waals surface area contributed by atoms with Crippen molar-refractivity contribution in [3.63, 3.8) is 0 Å². The van der Waals surface area contributed by atoms with Gasteiger partial charge >= 0.3 is 0 Å². The van der Waals surface area contributed by atoms with Crippen LogP contribution in [-0.4, -0.2) is 52.2 Å². The maximum atomic E-state index is 5.51. The molecule has 4 heteroatoms. The number of hydrogen-bond donors (Lipinski definition) is 1. The molecule has 16 heavy (non-hydrogen) atoms. The first kappa shape index (κ1) is 13.9. The Labute approximate surface area is 98.6 Å². The first-order chi connectivity index (χ1) is 7.79. The average Bonchev–Trinajstić information content (AvgIpc) is 2.17. The highest BCUT2D eigenvalue weighted by molar-refractivity contribution is 4.74. The summed E-state index contributed by atoms with van der Waals surface area (Å²) in [5.74, 6) is 0.713. The lowest BCUT2D eigenvalue weighted by Crippen LogP contribution is -2.48. The predicted octanol–water partition coefficient (Wildman–Crippen LogP) is 1.05. The standard InChI is InChI=1S/C12H25NO3/c1-11(2)3-4-14-5-6-15-7-8-16-12-9-13-10-12/h11-13H,3-10H2,1-2H3. The molecular weight excluding hydrogens is 206 g/mol. The normalized spacial score (nSPS) is 16.7. The van der Waals surface area contributed by atoms with Gasteiger partial charge in [-0.25, -0.2) is 0 Å². The zero-order valence-corrected chi connectivity index (χ0v) is 10.5. The van der Waals surface area contributed by atoms with Crippen molar-refractivity contribution < 1.29 is 14.2 Å². The largest absolute Gasteiger partial charge is 0.379 e. The molecule has 0 aromatic rings. The molecule has 0 atom stereocenters. The Balaban J connectivity index is 1.68. The lowest BCUT2D eigenvalue weighted by atomic mass is 10.1. The molecule has 0 radical (unpaired) electrons. The number of ether oxygens (including phenoxy) is 3. The van der Waals surface area contributed by atoms with E-state index >= 15 is 0 Å². The van der Waals surface area contributed by atoms with Gasteiger partial charge in [0.15, 0.2) is 0 Å². The van der Waals surface area contributed by atoms with E-state index < -0.39 is 0 Å². The zero-order chi connectivity index (χ0) is 11.6. The van der Waals surface area contributed by atoms with E-state index in [9.17, 15) is 0 Å². The van der Waals surface area contributed by atoms with Crippen LogP contribution in [0.3, 0.4) is 0 Å². The maximum Gasteiger partial charge on any atom is 0.0824 e. The summed E-state index contributed by atoms with van der Waals surface area (Å²) in [7, 11) is 0. The summed E-state index contributed by atoms with van der Waals surface area (Å²) < 4.78 is 16.3. The molecule has 1 aliphatic rings. The first-order valence-electron chi connectivity index (χ1n) is 6.27. The molecule has 0 unspecified atom stereocenters. The summed E-state index contributed by atoms with van der Waals surface area (Å²) in [5.41, 5.74) is 0. The molecule has 0 aliphatic carbocycles. The SMILES string of the molecule is CC(C)CCOCCOCCOC1CNC1. The van der Waals surface area contributed by atoms with E-state index in [1.807, 2.05) is 0 Å². The molecular formula is C12H25NO3.